The summed E-state index contributed by atoms with van der Waals surface area (Å²) in [7, 11) is 0. The van der Waals surface area contributed by atoms with E-state index in [2.05, 4.69) is 385 Å². The van der Waals surface area contributed by atoms with Gasteiger partial charge in [-0.25, -0.2) is 0 Å². The minimum Gasteiger partial charge on any atom is -0.0654 e. The molecule has 149 heavy (non-hydrogen) atoms. The van der Waals surface area contributed by atoms with E-state index in [4.69, 9.17) is 0 Å². The van der Waals surface area contributed by atoms with Gasteiger partial charge in [0.2, 0.25) is 0 Å². The molecular weight excluding hydrogens is 1790 g/mol. The normalized spacial score (nSPS) is 14.4. The summed E-state index contributed by atoms with van der Waals surface area (Å²) < 4.78 is 0. The summed E-state index contributed by atoms with van der Waals surface area (Å²) in [5.74, 6) is 0. The molecule has 0 saturated carbocycles. The Morgan fingerprint density at radius 1 is 0.134 bits per heavy atom. The van der Waals surface area contributed by atoms with Crippen LogP contribution in [0.2, 0.25) is 0 Å². The Hall–Kier alpha value is -12.0. The van der Waals surface area contributed by atoms with Crippen molar-refractivity contribution in [3.05, 3.63) is 371 Å². The Morgan fingerprint density at radius 2 is 0.349 bits per heavy atom. The molecule has 0 fully saturated rings. The summed E-state index contributed by atoms with van der Waals surface area (Å²) in [5.41, 5.74) is 49.6. The molecule has 0 bridgehead atoms. The van der Waals surface area contributed by atoms with Crippen LogP contribution in [0.25, 0.3) is 166 Å². The summed E-state index contributed by atoms with van der Waals surface area (Å²) in [5, 5.41) is 5.38. The van der Waals surface area contributed by atoms with Crippen molar-refractivity contribution in [3.63, 3.8) is 0 Å². The Labute approximate surface area is 896 Å². The number of rotatable bonds is 50. The van der Waals surface area contributed by atoms with Crippen LogP contribution < -0.4 is 0 Å². The number of unbranched alkanes of at least 4 members (excludes halogenated alkanes) is 30. The van der Waals surface area contributed by atoms with Crippen molar-refractivity contribution in [1.82, 2.24) is 0 Å². The molecule has 762 valence electrons. The van der Waals surface area contributed by atoms with Gasteiger partial charge in [0.25, 0.3) is 0 Å². The summed E-state index contributed by atoms with van der Waals surface area (Å²) in [6.45, 7) is 24.3. The molecule has 5 aliphatic rings. The summed E-state index contributed by atoms with van der Waals surface area (Å²) in [6.07, 6.45) is 54.4. The first kappa shape index (κ1) is 103. The molecule has 0 saturated heterocycles. The molecule has 21 rings (SSSR count). The standard InChI is InChI=1S/C149H166/c1-11-17-23-29-35-49-87-147(88-50-36-30-24-18-12-2)133-73-47-45-69-121(133)123-85-83-117(97-137(123)147)115-65-57-63-113(95-115)111-61-55-59-109(93-111)105-75-79-107(80-76-105)127-99-141-143(125-71-43-41-67-119(125)127)131-103-139-129(101-135(131)145(141,7)8)130-102-136-132(104-140(130)149(139,91-53-39-33-27-21-15-5)92-54-40-34-28-22-16-6)144-126-72-44-42-68-120(126)128(100-142(144)146(136,9)10)108-81-77-106(78-82-108)110-60-56-62-112(94-110)114-64-58-66-116(96-114)118-84-86-124-122-70-46-48-74-134(122)148(138(124)98-118,89-51-37-31-25-19-13-3)90-52-38-32-26-20-14-4/h41-48,55-86,93-104H,11-40,49-54,87-92H2,1-10H3. The Bertz CT molecular complexity index is 6940. The molecule has 16 aromatic rings. The Morgan fingerprint density at radius 3 is 0.651 bits per heavy atom. The van der Waals surface area contributed by atoms with Gasteiger partial charge in [0, 0.05) is 27.1 Å². The predicted molar refractivity (Wildman–Crippen MR) is 647 cm³/mol. The highest BCUT2D eigenvalue weighted by atomic mass is 14.5. The van der Waals surface area contributed by atoms with Crippen LogP contribution >= 0.6 is 0 Å². The minimum atomic E-state index is -0.277. The van der Waals surface area contributed by atoms with Crippen molar-refractivity contribution in [3.8, 4) is 145 Å². The van der Waals surface area contributed by atoms with Gasteiger partial charge in [0.15, 0.2) is 0 Å². The first-order chi connectivity index (χ1) is 73.1. The lowest BCUT2D eigenvalue weighted by atomic mass is 9.69. The first-order valence-electron chi connectivity index (χ1n) is 59.8. The van der Waals surface area contributed by atoms with Crippen LogP contribution in [0.5, 0.6) is 0 Å². The van der Waals surface area contributed by atoms with E-state index >= 15 is 0 Å². The van der Waals surface area contributed by atoms with Crippen LogP contribution in [0.4, 0.5) is 0 Å². The van der Waals surface area contributed by atoms with Crippen molar-refractivity contribution in [2.24, 2.45) is 0 Å². The molecule has 0 nitrogen and oxygen atoms in total. The first-order valence-corrected chi connectivity index (χ1v) is 59.8. The zero-order valence-electron chi connectivity index (χ0n) is 92.2. The van der Waals surface area contributed by atoms with E-state index in [1.807, 2.05) is 0 Å². The van der Waals surface area contributed by atoms with Gasteiger partial charge in [-0.15, -0.1) is 0 Å². The van der Waals surface area contributed by atoms with Gasteiger partial charge in [-0.05, 0) is 333 Å². The molecule has 0 aromatic heterocycles. The van der Waals surface area contributed by atoms with Gasteiger partial charge in [-0.3, -0.25) is 0 Å². The second kappa shape index (κ2) is 46.1. The summed E-state index contributed by atoms with van der Waals surface area (Å²) >= 11 is 0. The largest absolute Gasteiger partial charge is 0.0654 e. The average molecular weight is 1960 g/mol. The number of benzene rings is 16. The molecule has 0 heteroatoms. The van der Waals surface area contributed by atoms with Crippen LogP contribution in [-0.2, 0) is 27.1 Å². The van der Waals surface area contributed by atoms with Crippen LogP contribution in [-0.4, -0.2) is 0 Å². The maximum atomic E-state index is 2.82. The number of hydrogen-bond donors (Lipinski definition) is 0. The molecule has 0 unspecified atom stereocenters. The Balaban J connectivity index is 0.581. The highest BCUT2D eigenvalue weighted by Crippen LogP contribution is 2.66. The van der Waals surface area contributed by atoms with Crippen molar-refractivity contribution in [2.45, 2.75) is 366 Å². The maximum Gasteiger partial charge on any atom is 0.0215 e. The van der Waals surface area contributed by atoms with Gasteiger partial charge < -0.3 is 0 Å². The third-order valence-electron chi connectivity index (χ3n) is 37.1. The number of hydrogen-bond acceptors (Lipinski definition) is 0. The fraction of sp³-hybridized carbons (Fsp3) is 0.383. The van der Waals surface area contributed by atoms with Crippen molar-refractivity contribution in [1.29, 1.82) is 0 Å². The molecule has 16 aromatic carbocycles. The SMILES string of the molecule is CCCCCCCCC1(CCCCCCCC)c2ccccc2-c2ccc(-c3cccc(-c4cccc(-c5ccc(-c6cc7c(c8ccccc68)-c6cc8c(cc6C7(C)C)-c6cc7c(cc6C8(CCCCCCCC)CCCCCCCC)-c6c(cc(-c8ccc(-c9cccc(-c%10cccc(-c%11ccc%12c(c%11)C(CCCCCCCC)(CCCCCCCC)c%11ccccc%11-%12)c%10)c9)cc8)c8ccccc68)C7(C)C)cc5)c4)c3)cc21. The van der Waals surface area contributed by atoms with Crippen LogP contribution in [0, 0.1) is 0 Å². The second-order valence-electron chi connectivity index (χ2n) is 47.4. The number of fused-ring (bicyclic) bond motifs is 19. The molecule has 0 atom stereocenters. The average Bonchev–Trinajstić information content (AvgIpc) is 1.51. The van der Waals surface area contributed by atoms with E-state index in [0.717, 1.165) is 12.8 Å². The van der Waals surface area contributed by atoms with Crippen molar-refractivity contribution >= 4 is 21.5 Å². The molecule has 0 heterocycles. The van der Waals surface area contributed by atoms with Gasteiger partial charge >= 0.3 is 0 Å². The quantitative estimate of drug-likeness (QED) is 0.0333. The summed E-state index contributed by atoms with van der Waals surface area (Å²) in [4.78, 5) is 0. The zero-order valence-corrected chi connectivity index (χ0v) is 92.2. The molecule has 0 amide bonds. The van der Waals surface area contributed by atoms with Crippen molar-refractivity contribution < 1.29 is 0 Å². The summed E-state index contributed by atoms with van der Waals surface area (Å²) in [6, 6.07) is 126. The maximum absolute atomic E-state index is 2.82. The molecule has 0 spiro atoms. The highest BCUT2D eigenvalue weighted by molar-refractivity contribution is 6.12. The second-order valence-corrected chi connectivity index (χ2v) is 47.4. The van der Waals surface area contributed by atoms with Gasteiger partial charge in [-0.2, -0.15) is 0 Å². The predicted octanol–water partition coefficient (Wildman–Crippen LogP) is 45.2. The van der Waals surface area contributed by atoms with Gasteiger partial charge in [0.05, 0.1) is 0 Å². The molecular formula is C149H166. The van der Waals surface area contributed by atoms with E-state index in [9.17, 15) is 0 Å². The monoisotopic (exact) mass is 1960 g/mol. The third-order valence-corrected chi connectivity index (χ3v) is 37.1. The Kier molecular flexibility index (Phi) is 31.8. The fourth-order valence-corrected chi connectivity index (χ4v) is 28.8. The smallest absolute Gasteiger partial charge is 0.0215 e. The molecule has 0 N–H and O–H groups in total. The van der Waals surface area contributed by atoms with Crippen LogP contribution in [0.1, 0.15) is 395 Å². The van der Waals surface area contributed by atoms with Crippen LogP contribution in [0.3, 0.4) is 0 Å². The molecule has 0 aliphatic heterocycles. The van der Waals surface area contributed by atoms with E-state index < -0.39 is 0 Å². The van der Waals surface area contributed by atoms with E-state index in [1.54, 1.807) is 33.4 Å². The lowest BCUT2D eigenvalue weighted by Crippen LogP contribution is -2.26. The highest BCUT2D eigenvalue weighted by Gasteiger charge is 2.50. The van der Waals surface area contributed by atoms with Crippen molar-refractivity contribution in [2.75, 3.05) is 0 Å². The van der Waals surface area contributed by atoms with Gasteiger partial charge in [-0.1, -0.05) is 543 Å². The molecule has 5 aliphatic carbocycles. The van der Waals surface area contributed by atoms with Crippen LogP contribution in [0.15, 0.2) is 315 Å². The lowest BCUT2D eigenvalue weighted by molar-refractivity contribution is 0.398. The molecule has 0 radical (unpaired) electrons. The van der Waals surface area contributed by atoms with E-state index in [1.165, 1.54) is 445 Å². The van der Waals surface area contributed by atoms with E-state index in [0.29, 0.717) is 0 Å². The zero-order chi connectivity index (χ0) is 102. The topological polar surface area (TPSA) is 0 Å². The fourth-order valence-electron chi connectivity index (χ4n) is 28.8. The minimum absolute atomic E-state index is 0.0411. The van der Waals surface area contributed by atoms with Gasteiger partial charge in [0.1, 0.15) is 0 Å². The van der Waals surface area contributed by atoms with E-state index in [-0.39, 0.29) is 27.1 Å². The third kappa shape index (κ3) is 20.2. The lowest BCUT2D eigenvalue weighted by Gasteiger charge is -2.34.